The number of carbonyl (C=O) groups is 1. The highest BCUT2D eigenvalue weighted by atomic mass is 16.2. The van der Waals surface area contributed by atoms with Crippen molar-refractivity contribution >= 4 is 17.3 Å². The van der Waals surface area contributed by atoms with Crippen molar-refractivity contribution in [2.45, 2.75) is 20.4 Å². The first-order valence-electron chi connectivity index (χ1n) is 9.39. The molecular weight excluding hydrogens is 352 g/mol. The van der Waals surface area contributed by atoms with Crippen LogP contribution in [0, 0.1) is 0 Å². The highest BCUT2D eigenvalue weighted by Crippen LogP contribution is 2.18. The number of nitrogens with one attached hydrogen (secondary N) is 1. The molecule has 0 fully saturated rings. The summed E-state index contributed by atoms with van der Waals surface area (Å²) in [6, 6.07) is 20.3. The van der Waals surface area contributed by atoms with Crippen molar-refractivity contribution < 1.29 is 4.79 Å². The predicted molar refractivity (Wildman–Crippen MR) is 113 cm³/mol. The van der Waals surface area contributed by atoms with E-state index in [0.29, 0.717) is 11.4 Å². The van der Waals surface area contributed by atoms with Crippen molar-refractivity contribution in [1.29, 1.82) is 0 Å². The number of rotatable bonds is 7. The van der Waals surface area contributed by atoms with Gasteiger partial charge in [-0.3, -0.25) is 9.59 Å². The number of nitrogens with zero attached hydrogens (tertiary/aromatic N) is 3. The van der Waals surface area contributed by atoms with Gasteiger partial charge in [0.25, 0.3) is 5.56 Å². The minimum atomic E-state index is -0.313. The average Bonchev–Trinajstić information content (AvgIpc) is 2.72. The molecule has 1 aromatic heterocycles. The van der Waals surface area contributed by atoms with E-state index in [4.69, 9.17) is 0 Å². The summed E-state index contributed by atoms with van der Waals surface area (Å²) in [6.45, 7) is 5.92. The molecule has 0 aliphatic carbocycles. The van der Waals surface area contributed by atoms with Gasteiger partial charge in [-0.1, -0.05) is 30.3 Å². The molecule has 0 radical (unpaired) electrons. The predicted octanol–water partition coefficient (Wildman–Crippen LogP) is 3.40. The van der Waals surface area contributed by atoms with E-state index in [1.54, 1.807) is 6.07 Å². The zero-order valence-corrected chi connectivity index (χ0v) is 16.1. The fourth-order valence-electron chi connectivity index (χ4n) is 3.01. The quantitative estimate of drug-likeness (QED) is 0.686. The van der Waals surface area contributed by atoms with Crippen LogP contribution in [0.2, 0.25) is 0 Å². The first-order valence-corrected chi connectivity index (χ1v) is 9.39. The van der Waals surface area contributed by atoms with Gasteiger partial charge in [0.2, 0.25) is 5.91 Å². The number of hydrogen-bond acceptors (Lipinski definition) is 4. The molecule has 0 unspecified atom stereocenters. The van der Waals surface area contributed by atoms with Crippen LogP contribution in [0.15, 0.2) is 71.5 Å². The summed E-state index contributed by atoms with van der Waals surface area (Å²) in [6.07, 6.45) is 0. The normalized spacial score (nSPS) is 10.5. The molecule has 28 heavy (non-hydrogen) atoms. The highest BCUT2D eigenvalue weighted by molar-refractivity contribution is 5.90. The van der Waals surface area contributed by atoms with E-state index in [9.17, 15) is 9.59 Å². The molecule has 0 saturated heterocycles. The molecule has 1 heterocycles. The molecule has 6 heteroatoms. The van der Waals surface area contributed by atoms with Gasteiger partial charge in [-0.15, -0.1) is 0 Å². The largest absolute Gasteiger partial charge is 0.372 e. The van der Waals surface area contributed by atoms with Gasteiger partial charge in [-0.2, -0.15) is 5.10 Å². The third kappa shape index (κ3) is 4.65. The monoisotopic (exact) mass is 376 g/mol. The zero-order chi connectivity index (χ0) is 19.9. The summed E-state index contributed by atoms with van der Waals surface area (Å²) in [5.41, 5.74) is 3.02. The SMILES string of the molecule is CCN(CC)c1ccc(NC(=O)Cn2nc(-c3ccccc3)ccc2=O)cc1. The molecule has 0 spiro atoms. The molecule has 0 aliphatic rings. The second kappa shape index (κ2) is 8.99. The number of hydrogen-bond donors (Lipinski definition) is 1. The zero-order valence-electron chi connectivity index (χ0n) is 16.1. The van der Waals surface area contributed by atoms with Crippen LogP contribution in [0.1, 0.15) is 13.8 Å². The lowest BCUT2D eigenvalue weighted by Crippen LogP contribution is -2.29. The van der Waals surface area contributed by atoms with E-state index in [1.165, 1.54) is 10.7 Å². The Morgan fingerprint density at radius 1 is 0.964 bits per heavy atom. The number of carbonyl (C=O) groups excluding carboxylic acids is 1. The van der Waals surface area contributed by atoms with Crippen LogP contribution in [0.3, 0.4) is 0 Å². The third-order valence-corrected chi connectivity index (χ3v) is 4.51. The topological polar surface area (TPSA) is 67.2 Å². The molecule has 0 aliphatic heterocycles. The Morgan fingerprint density at radius 2 is 1.64 bits per heavy atom. The molecule has 0 atom stereocenters. The van der Waals surface area contributed by atoms with Crippen molar-refractivity contribution in [3.63, 3.8) is 0 Å². The number of amides is 1. The maximum absolute atomic E-state index is 12.4. The maximum Gasteiger partial charge on any atom is 0.267 e. The van der Waals surface area contributed by atoms with E-state index in [-0.39, 0.29) is 18.0 Å². The molecule has 0 saturated carbocycles. The summed E-state index contributed by atoms with van der Waals surface area (Å²) in [7, 11) is 0. The Labute approximate surface area is 164 Å². The summed E-state index contributed by atoms with van der Waals surface area (Å²) in [5.74, 6) is -0.296. The van der Waals surface area contributed by atoms with Gasteiger partial charge in [0.15, 0.2) is 0 Å². The van der Waals surface area contributed by atoms with E-state index in [1.807, 2.05) is 54.6 Å². The van der Waals surface area contributed by atoms with Crippen molar-refractivity contribution in [2.75, 3.05) is 23.3 Å². The second-order valence-corrected chi connectivity index (χ2v) is 6.35. The van der Waals surface area contributed by atoms with Crippen molar-refractivity contribution in [3.05, 3.63) is 77.1 Å². The fraction of sp³-hybridized carbons (Fsp3) is 0.227. The molecule has 1 N–H and O–H groups in total. The Kier molecular flexibility index (Phi) is 6.22. The van der Waals surface area contributed by atoms with Crippen LogP contribution in [0.5, 0.6) is 0 Å². The Balaban J connectivity index is 1.70. The minimum Gasteiger partial charge on any atom is -0.372 e. The Hall–Kier alpha value is -3.41. The molecule has 3 rings (SSSR count). The van der Waals surface area contributed by atoms with Crippen molar-refractivity contribution in [3.8, 4) is 11.3 Å². The van der Waals surface area contributed by atoms with Crippen LogP contribution in [-0.4, -0.2) is 28.8 Å². The lowest BCUT2D eigenvalue weighted by molar-refractivity contribution is -0.117. The summed E-state index contributed by atoms with van der Waals surface area (Å²) >= 11 is 0. The molecular formula is C22H24N4O2. The number of aromatic nitrogens is 2. The molecule has 6 nitrogen and oxygen atoms in total. The lowest BCUT2D eigenvalue weighted by Gasteiger charge is -2.21. The van der Waals surface area contributed by atoms with Gasteiger partial charge in [-0.25, -0.2) is 4.68 Å². The molecule has 144 valence electrons. The van der Waals surface area contributed by atoms with Gasteiger partial charge in [0, 0.05) is 36.1 Å². The standard InChI is InChI=1S/C22H24N4O2/c1-3-25(4-2)19-12-10-18(11-13-19)23-21(27)16-26-22(28)15-14-20(24-26)17-8-6-5-7-9-17/h5-15H,3-4,16H2,1-2H3,(H,23,27). The number of benzene rings is 2. The van der Waals surface area contributed by atoms with Gasteiger partial charge >= 0.3 is 0 Å². The van der Waals surface area contributed by atoms with Gasteiger partial charge in [0.1, 0.15) is 6.54 Å². The summed E-state index contributed by atoms with van der Waals surface area (Å²) in [5, 5.41) is 7.14. The smallest absolute Gasteiger partial charge is 0.267 e. The molecule has 2 aromatic carbocycles. The van der Waals surface area contributed by atoms with Crippen molar-refractivity contribution in [2.24, 2.45) is 0 Å². The first kappa shape index (κ1) is 19.4. The van der Waals surface area contributed by atoms with Crippen LogP contribution < -0.4 is 15.8 Å². The minimum absolute atomic E-state index is 0.142. The van der Waals surface area contributed by atoms with Crippen LogP contribution >= 0.6 is 0 Å². The molecule has 0 bridgehead atoms. The first-order chi connectivity index (χ1) is 13.6. The molecule has 1 amide bonds. The Morgan fingerprint density at radius 3 is 2.29 bits per heavy atom. The van der Waals surface area contributed by atoms with Crippen LogP contribution in [0.4, 0.5) is 11.4 Å². The van der Waals surface area contributed by atoms with Crippen LogP contribution in [0.25, 0.3) is 11.3 Å². The Bertz CT molecular complexity index is 977. The summed E-state index contributed by atoms with van der Waals surface area (Å²) < 4.78 is 1.18. The second-order valence-electron chi connectivity index (χ2n) is 6.35. The van der Waals surface area contributed by atoms with E-state index < -0.39 is 0 Å². The van der Waals surface area contributed by atoms with Crippen molar-refractivity contribution in [1.82, 2.24) is 9.78 Å². The van der Waals surface area contributed by atoms with Gasteiger partial charge in [-0.05, 0) is 44.2 Å². The summed E-state index contributed by atoms with van der Waals surface area (Å²) in [4.78, 5) is 26.7. The fourth-order valence-corrected chi connectivity index (χ4v) is 3.01. The van der Waals surface area contributed by atoms with E-state index in [2.05, 4.69) is 29.2 Å². The third-order valence-electron chi connectivity index (χ3n) is 4.51. The number of anilines is 2. The maximum atomic E-state index is 12.4. The molecule has 3 aromatic rings. The van der Waals surface area contributed by atoms with E-state index >= 15 is 0 Å². The lowest BCUT2D eigenvalue weighted by atomic mass is 10.1. The van der Waals surface area contributed by atoms with Gasteiger partial charge < -0.3 is 10.2 Å². The van der Waals surface area contributed by atoms with E-state index in [0.717, 1.165) is 24.3 Å². The van der Waals surface area contributed by atoms with Crippen LogP contribution in [-0.2, 0) is 11.3 Å². The van der Waals surface area contributed by atoms with Gasteiger partial charge in [0.05, 0.1) is 5.69 Å². The highest BCUT2D eigenvalue weighted by Gasteiger charge is 2.09. The average molecular weight is 376 g/mol.